The number of thioether (sulfide) groups is 1. The van der Waals surface area contributed by atoms with Crippen molar-refractivity contribution in [2.75, 3.05) is 6.61 Å². The first kappa shape index (κ1) is 25.0. The van der Waals surface area contributed by atoms with Crippen molar-refractivity contribution in [3.63, 3.8) is 0 Å². The lowest BCUT2D eigenvalue weighted by atomic mass is 9.99. The molecular weight excluding hydrogens is 452 g/mol. The van der Waals surface area contributed by atoms with E-state index in [1.807, 2.05) is 0 Å². The molecule has 11 heteroatoms. The van der Waals surface area contributed by atoms with Crippen molar-refractivity contribution in [3.8, 4) is 0 Å². The first-order valence-electron chi connectivity index (χ1n) is 9.29. The van der Waals surface area contributed by atoms with Crippen molar-refractivity contribution >= 4 is 47.2 Å². The first-order chi connectivity index (χ1) is 14.6. The summed E-state index contributed by atoms with van der Waals surface area (Å²) < 4.78 is 27.2. The molecule has 0 saturated carbocycles. The zero-order valence-corrected chi connectivity index (χ0v) is 18.9. The molecule has 170 valence electrons. The van der Waals surface area contributed by atoms with E-state index in [1.165, 1.54) is 39.5 Å². The van der Waals surface area contributed by atoms with Crippen LogP contribution >= 0.6 is 23.4 Å². The SMILES string of the molecule is CC(=O)OC[C@@H]1O[C@H](Sc2ccc(Cl)cc2)[C@H](OC(C)=O)[C@@H](OC(C)=O)[C@H]1OC(C)=O. The van der Waals surface area contributed by atoms with E-state index in [-0.39, 0.29) is 6.61 Å². The lowest BCUT2D eigenvalue weighted by Gasteiger charge is -2.44. The Bertz CT molecular complexity index is 813. The predicted octanol–water partition coefficient (Wildman–Crippen LogP) is 2.52. The fraction of sp³-hybridized carbons (Fsp3) is 0.500. The summed E-state index contributed by atoms with van der Waals surface area (Å²) in [6.45, 7) is 4.49. The van der Waals surface area contributed by atoms with Gasteiger partial charge in [-0.2, -0.15) is 0 Å². The highest BCUT2D eigenvalue weighted by Crippen LogP contribution is 2.37. The van der Waals surface area contributed by atoms with Gasteiger partial charge in [0, 0.05) is 37.6 Å². The summed E-state index contributed by atoms with van der Waals surface area (Å²) in [4.78, 5) is 47.4. The number of carbonyl (C=O) groups excluding carboxylic acids is 4. The van der Waals surface area contributed by atoms with Gasteiger partial charge in [-0.25, -0.2) is 0 Å². The third-order valence-corrected chi connectivity index (χ3v) is 5.42. The van der Waals surface area contributed by atoms with E-state index in [1.54, 1.807) is 24.3 Å². The van der Waals surface area contributed by atoms with E-state index in [0.717, 1.165) is 4.90 Å². The van der Waals surface area contributed by atoms with Crippen molar-refractivity contribution in [1.82, 2.24) is 0 Å². The molecule has 1 aromatic carbocycles. The number of benzene rings is 1. The Morgan fingerprint density at radius 1 is 0.839 bits per heavy atom. The van der Waals surface area contributed by atoms with Crippen LogP contribution < -0.4 is 0 Å². The summed E-state index contributed by atoms with van der Waals surface area (Å²) in [6, 6.07) is 6.83. The highest BCUT2D eigenvalue weighted by atomic mass is 35.5. The zero-order chi connectivity index (χ0) is 23.1. The quantitative estimate of drug-likeness (QED) is 0.431. The van der Waals surface area contributed by atoms with Gasteiger partial charge in [-0.05, 0) is 24.3 Å². The van der Waals surface area contributed by atoms with Gasteiger partial charge in [-0.3, -0.25) is 19.2 Å². The molecule has 2 rings (SSSR count). The van der Waals surface area contributed by atoms with Crippen LogP contribution in [0, 0.1) is 0 Å². The van der Waals surface area contributed by atoms with E-state index < -0.39 is 53.7 Å². The highest BCUT2D eigenvalue weighted by molar-refractivity contribution is 7.99. The standard InChI is InChI=1S/C20H23ClO9S/c1-10(22)26-9-16-17(27-11(2)23)18(28-12(3)24)19(29-13(4)25)20(30-16)31-15-7-5-14(21)6-8-15/h5-8,16-20H,9H2,1-4H3/t16-,17-,18-,19+,20+/m0/s1. The second kappa shape index (κ2) is 11.4. The molecular formula is C20H23ClO9S. The van der Waals surface area contributed by atoms with Crippen LogP contribution in [0.15, 0.2) is 29.2 Å². The van der Waals surface area contributed by atoms with Crippen molar-refractivity contribution in [1.29, 1.82) is 0 Å². The molecule has 1 heterocycles. The van der Waals surface area contributed by atoms with Crippen LogP contribution in [0.3, 0.4) is 0 Å². The molecule has 0 bridgehead atoms. The van der Waals surface area contributed by atoms with Gasteiger partial charge in [0.25, 0.3) is 0 Å². The van der Waals surface area contributed by atoms with Gasteiger partial charge < -0.3 is 23.7 Å². The van der Waals surface area contributed by atoms with Crippen LogP contribution in [0.1, 0.15) is 27.7 Å². The fourth-order valence-electron chi connectivity index (χ4n) is 2.93. The van der Waals surface area contributed by atoms with Crippen LogP contribution in [-0.2, 0) is 42.9 Å². The summed E-state index contributed by atoms with van der Waals surface area (Å²) in [5, 5.41) is 0.533. The van der Waals surface area contributed by atoms with Gasteiger partial charge >= 0.3 is 23.9 Å². The third-order valence-electron chi connectivity index (χ3n) is 4.01. The molecule has 0 unspecified atom stereocenters. The van der Waals surface area contributed by atoms with Gasteiger partial charge in [0.2, 0.25) is 0 Å². The van der Waals surface area contributed by atoms with Gasteiger partial charge in [0.1, 0.15) is 18.1 Å². The second-order valence-electron chi connectivity index (χ2n) is 6.64. The van der Waals surface area contributed by atoms with Gasteiger partial charge in [0.05, 0.1) is 0 Å². The van der Waals surface area contributed by atoms with E-state index in [4.69, 9.17) is 35.3 Å². The van der Waals surface area contributed by atoms with Gasteiger partial charge in [-0.15, -0.1) is 0 Å². The molecule has 5 atom stereocenters. The minimum Gasteiger partial charge on any atom is -0.463 e. The molecule has 0 aliphatic carbocycles. The van der Waals surface area contributed by atoms with E-state index in [0.29, 0.717) is 5.02 Å². The number of esters is 4. The zero-order valence-electron chi connectivity index (χ0n) is 17.4. The number of rotatable bonds is 7. The largest absolute Gasteiger partial charge is 0.463 e. The molecule has 1 saturated heterocycles. The summed E-state index contributed by atoms with van der Waals surface area (Å²) in [6.07, 6.45) is -4.45. The molecule has 1 aromatic rings. The smallest absolute Gasteiger partial charge is 0.303 e. The van der Waals surface area contributed by atoms with Crippen LogP contribution in [0.4, 0.5) is 0 Å². The minimum absolute atomic E-state index is 0.268. The molecule has 9 nitrogen and oxygen atoms in total. The van der Waals surface area contributed by atoms with Crippen LogP contribution in [0.2, 0.25) is 5.02 Å². The molecule has 1 aliphatic heterocycles. The molecule has 0 radical (unpaired) electrons. The summed E-state index contributed by atoms with van der Waals surface area (Å²) in [5.41, 5.74) is -0.873. The number of hydrogen-bond acceptors (Lipinski definition) is 10. The third kappa shape index (κ3) is 7.71. The van der Waals surface area contributed by atoms with E-state index in [9.17, 15) is 19.2 Å². The normalized spacial score (nSPS) is 25.3. The fourth-order valence-corrected chi connectivity index (χ4v) is 4.16. The van der Waals surface area contributed by atoms with E-state index >= 15 is 0 Å². The molecule has 31 heavy (non-hydrogen) atoms. The highest BCUT2D eigenvalue weighted by Gasteiger charge is 2.52. The summed E-state index contributed by atoms with van der Waals surface area (Å²) >= 11 is 7.11. The Morgan fingerprint density at radius 3 is 1.87 bits per heavy atom. The summed E-state index contributed by atoms with van der Waals surface area (Å²) in [5.74, 6) is -2.57. The van der Waals surface area contributed by atoms with Crippen LogP contribution in [0.5, 0.6) is 0 Å². The number of carbonyl (C=O) groups is 4. The van der Waals surface area contributed by atoms with Crippen LogP contribution in [0.25, 0.3) is 0 Å². The minimum atomic E-state index is -1.19. The van der Waals surface area contributed by atoms with Crippen molar-refractivity contribution in [2.45, 2.75) is 62.4 Å². The van der Waals surface area contributed by atoms with Crippen molar-refractivity contribution < 1.29 is 42.9 Å². The van der Waals surface area contributed by atoms with Crippen molar-refractivity contribution in [2.24, 2.45) is 0 Å². The lowest BCUT2D eigenvalue weighted by Crippen LogP contribution is -2.61. The maximum Gasteiger partial charge on any atom is 0.303 e. The number of ether oxygens (including phenoxy) is 5. The van der Waals surface area contributed by atoms with Crippen LogP contribution in [-0.4, -0.2) is 60.3 Å². The Labute approximate surface area is 188 Å². The van der Waals surface area contributed by atoms with Crippen molar-refractivity contribution in [3.05, 3.63) is 29.3 Å². The molecule has 0 amide bonds. The monoisotopic (exact) mass is 474 g/mol. The Hall–Kier alpha value is -2.30. The molecule has 0 N–H and O–H groups in total. The second-order valence-corrected chi connectivity index (χ2v) is 8.25. The lowest BCUT2D eigenvalue weighted by molar-refractivity contribution is -0.237. The topological polar surface area (TPSA) is 114 Å². The van der Waals surface area contributed by atoms with E-state index in [2.05, 4.69) is 0 Å². The van der Waals surface area contributed by atoms with Gasteiger partial charge in [-0.1, -0.05) is 23.4 Å². The Balaban J connectivity index is 2.43. The summed E-state index contributed by atoms with van der Waals surface area (Å²) in [7, 11) is 0. The maximum atomic E-state index is 11.8. The van der Waals surface area contributed by atoms with Gasteiger partial charge in [0.15, 0.2) is 18.3 Å². The predicted molar refractivity (Wildman–Crippen MR) is 109 cm³/mol. The molecule has 1 fully saturated rings. The number of halogens is 1. The average molecular weight is 475 g/mol. The maximum absolute atomic E-state index is 11.8. The Morgan fingerprint density at radius 2 is 1.35 bits per heavy atom. The molecule has 1 aliphatic rings. The first-order valence-corrected chi connectivity index (χ1v) is 10.5. The average Bonchev–Trinajstić information content (AvgIpc) is 2.65. The molecule has 0 aromatic heterocycles. The number of hydrogen-bond donors (Lipinski definition) is 0. The Kier molecular flexibility index (Phi) is 9.15. The molecule has 0 spiro atoms.